The second-order valence-corrected chi connectivity index (χ2v) is 5.62. The molecule has 0 aliphatic carbocycles. The fourth-order valence-corrected chi connectivity index (χ4v) is 2.32. The zero-order chi connectivity index (χ0) is 15.1. The molecule has 0 atom stereocenters. The first kappa shape index (κ1) is 19.2. The molecule has 0 saturated carbocycles. The Morgan fingerprint density at radius 2 is 1.05 bits per heavy atom. The molecule has 0 radical (unpaired) electrons. The molecule has 0 saturated heterocycles. The average molecular weight is 284 g/mol. The van der Waals surface area contributed by atoms with E-state index in [1.165, 1.54) is 51.4 Å². The molecule has 0 aromatic rings. The van der Waals surface area contributed by atoms with Crippen molar-refractivity contribution in [1.29, 1.82) is 0 Å². The lowest BCUT2D eigenvalue weighted by atomic mass is 10.0. The smallest absolute Gasteiger partial charge is 0.330 e. The third kappa shape index (κ3) is 13.6. The van der Waals surface area contributed by atoms with E-state index < -0.39 is 5.97 Å². The van der Waals surface area contributed by atoms with Gasteiger partial charge < -0.3 is 10.2 Å². The highest BCUT2D eigenvalue weighted by Gasteiger charge is 2.02. The van der Waals surface area contributed by atoms with Gasteiger partial charge in [-0.1, -0.05) is 70.8 Å². The molecule has 0 rings (SSSR count). The number of hydrogen-bond donors (Lipinski definition) is 2. The minimum Gasteiger partial charge on any atom is -0.478 e. The van der Waals surface area contributed by atoms with Crippen LogP contribution in [0.4, 0.5) is 0 Å². The van der Waals surface area contributed by atoms with Crippen LogP contribution in [0, 0.1) is 0 Å². The summed E-state index contributed by atoms with van der Waals surface area (Å²) in [4.78, 5) is 10.5. The number of aliphatic carboxylic acids is 1. The number of aliphatic hydroxyl groups is 1. The molecule has 0 fully saturated rings. The molecule has 20 heavy (non-hydrogen) atoms. The van der Waals surface area contributed by atoms with E-state index in [2.05, 4.69) is 6.58 Å². The fourth-order valence-electron chi connectivity index (χ4n) is 2.32. The first-order valence-electron chi connectivity index (χ1n) is 8.20. The van der Waals surface area contributed by atoms with Gasteiger partial charge in [0.05, 0.1) is 0 Å². The molecule has 0 aliphatic heterocycles. The van der Waals surface area contributed by atoms with E-state index in [1.807, 2.05) is 0 Å². The molecule has 118 valence electrons. The lowest BCUT2D eigenvalue weighted by Gasteiger charge is -2.03. The van der Waals surface area contributed by atoms with Crippen LogP contribution in [0.15, 0.2) is 12.2 Å². The second-order valence-electron chi connectivity index (χ2n) is 5.62. The molecule has 0 aliphatic rings. The first-order chi connectivity index (χ1) is 9.68. The Morgan fingerprint density at radius 1 is 0.700 bits per heavy atom. The van der Waals surface area contributed by atoms with Crippen LogP contribution < -0.4 is 0 Å². The topological polar surface area (TPSA) is 57.5 Å². The SMILES string of the molecule is C=C(CCCCCCCCCCCCCCO)C(=O)O. The van der Waals surface area contributed by atoms with Crippen LogP contribution in [-0.4, -0.2) is 22.8 Å². The fraction of sp³-hybridized carbons (Fsp3) is 0.824. The molecule has 0 aromatic carbocycles. The molecule has 0 aromatic heterocycles. The molecular formula is C17H32O3. The van der Waals surface area contributed by atoms with Crippen molar-refractivity contribution in [2.24, 2.45) is 0 Å². The van der Waals surface area contributed by atoms with E-state index >= 15 is 0 Å². The lowest BCUT2D eigenvalue weighted by Crippen LogP contribution is -1.98. The number of carbonyl (C=O) groups is 1. The molecule has 0 heterocycles. The Morgan fingerprint density at radius 3 is 1.40 bits per heavy atom. The summed E-state index contributed by atoms with van der Waals surface area (Å²) in [7, 11) is 0. The van der Waals surface area contributed by atoms with Crippen LogP contribution in [0.5, 0.6) is 0 Å². The van der Waals surface area contributed by atoms with Crippen LogP contribution >= 0.6 is 0 Å². The van der Waals surface area contributed by atoms with E-state index in [0.717, 1.165) is 25.7 Å². The maximum absolute atomic E-state index is 10.5. The summed E-state index contributed by atoms with van der Waals surface area (Å²) in [6, 6.07) is 0. The van der Waals surface area contributed by atoms with Gasteiger partial charge in [-0.25, -0.2) is 4.79 Å². The predicted octanol–water partition coefficient (Wildman–Crippen LogP) is 4.69. The van der Waals surface area contributed by atoms with Crippen molar-refractivity contribution in [2.45, 2.75) is 83.5 Å². The summed E-state index contributed by atoms with van der Waals surface area (Å²) in [5.74, 6) is -0.857. The van der Waals surface area contributed by atoms with Crippen molar-refractivity contribution in [3.63, 3.8) is 0 Å². The molecular weight excluding hydrogens is 252 g/mol. The van der Waals surface area contributed by atoms with Gasteiger partial charge in [-0.05, 0) is 19.3 Å². The van der Waals surface area contributed by atoms with Gasteiger partial charge in [0.15, 0.2) is 0 Å². The normalized spacial score (nSPS) is 10.7. The quantitative estimate of drug-likeness (QED) is 0.339. The predicted molar refractivity (Wildman–Crippen MR) is 83.9 cm³/mol. The molecule has 2 N–H and O–H groups in total. The van der Waals surface area contributed by atoms with Gasteiger partial charge in [0, 0.05) is 12.2 Å². The van der Waals surface area contributed by atoms with Gasteiger partial charge in [-0.2, -0.15) is 0 Å². The largest absolute Gasteiger partial charge is 0.478 e. The highest BCUT2D eigenvalue weighted by atomic mass is 16.4. The lowest BCUT2D eigenvalue weighted by molar-refractivity contribution is -0.132. The van der Waals surface area contributed by atoms with Crippen molar-refractivity contribution in [2.75, 3.05) is 6.61 Å². The zero-order valence-electron chi connectivity index (χ0n) is 12.9. The summed E-state index contributed by atoms with van der Waals surface area (Å²) in [5.41, 5.74) is 0.339. The Kier molecular flexibility index (Phi) is 14.0. The Hall–Kier alpha value is -0.830. The van der Waals surface area contributed by atoms with E-state index in [1.54, 1.807) is 0 Å². The Labute approximate surface area is 124 Å². The number of carboxylic acids is 1. The molecule has 3 nitrogen and oxygen atoms in total. The van der Waals surface area contributed by atoms with E-state index in [-0.39, 0.29) is 0 Å². The number of hydrogen-bond acceptors (Lipinski definition) is 2. The highest BCUT2D eigenvalue weighted by Crippen LogP contribution is 2.13. The van der Waals surface area contributed by atoms with Crippen LogP contribution in [0.2, 0.25) is 0 Å². The monoisotopic (exact) mass is 284 g/mol. The van der Waals surface area contributed by atoms with E-state index in [4.69, 9.17) is 10.2 Å². The van der Waals surface area contributed by atoms with Crippen LogP contribution in [-0.2, 0) is 4.79 Å². The number of rotatable bonds is 15. The Balaban J connectivity index is 3.06. The molecule has 0 bridgehead atoms. The van der Waals surface area contributed by atoms with Crippen molar-refractivity contribution in [3.05, 3.63) is 12.2 Å². The van der Waals surface area contributed by atoms with Crippen molar-refractivity contribution in [3.8, 4) is 0 Å². The average Bonchev–Trinajstić information content (AvgIpc) is 2.43. The maximum atomic E-state index is 10.5. The third-order valence-electron chi connectivity index (χ3n) is 3.69. The number of carboxylic acid groups (broad SMARTS) is 1. The van der Waals surface area contributed by atoms with Crippen molar-refractivity contribution < 1.29 is 15.0 Å². The van der Waals surface area contributed by atoms with E-state index in [9.17, 15) is 4.79 Å². The molecule has 0 unspecified atom stereocenters. The van der Waals surface area contributed by atoms with Crippen LogP contribution in [0.3, 0.4) is 0 Å². The Bertz CT molecular complexity index is 249. The van der Waals surface area contributed by atoms with Gasteiger partial charge in [-0.3, -0.25) is 0 Å². The molecule has 0 spiro atoms. The number of aliphatic hydroxyl groups excluding tert-OH is 1. The first-order valence-corrected chi connectivity index (χ1v) is 8.20. The summed E-state index contributed by atoms with van der Waals surface area (Å²) in [6.45, 7) is 3.87. The van der Waals surface area contributed by atoms with Crippen LogP contribution in [0.25, 0.3) is 0 Å². The summed E-state index contributed by atoms with van der Waals surface area (Å²) in [6.07, 6.45) is 15.1. The molecule has 3 heteroatoms. The van der Waals surface area contributed by atoms with Crippen LogP contribution in [0.1, 0.15) is 83.5 Å². The van der Waals surface area contributed by atoms with Gasteiger partial charge in [-0.15, -0.1) is 0 Å². The van der Waals surface area contributed by atoms with Gasteiger partial charge in [0.25, 0.3) is 0 Å². The van der Waals surface area contributed by atoms with Gasteiger partial charge in [0.1, 0.15) is 0 Å². The minimum absolute atomic E-state index is 0.333. The van der Waals surface area contributed by atoms with Gasteiger partial charge in [0.2, 0.25) is 0 Å². The second kappa shape index (κ2) is 14.6. The van der Waals surface area contributed by atoms with Crippen molar-refractivity contribution >= 4 is 5.97 Å². The van der Waals surface area contributed by atoms with Gasteiger partial charge >= 0.3 is 5.97 Å². The third-order valence-corrected chi connectivity index (χ3v) is 3.69. The standard InChI is InChI=1S/C17H32O3/c1-16(17(19)20)14-12-10-8-6-4-2-3-5-7-9-11-13-15-18/h18H,1-15H2,(H,19,20). The minimum atomic E-state index is -0.857. The zero-order valence-corrected chi connectivity index (χ0v) is 12.9. The van der Waals surface area contributed by atoms with E-state index in [0.29, 0.717) is 18.6 Å². The number of unbranched alkanes of at least 4 members (excludes halogenated alkanes) is 11. The summed E-state index contributed by atoms with van der Waals surface area (Å²) >= 11 is 0. The maximum Gasteiger partial charge on any atom is 0.330 e. The summed E-state index contributed by atoms with van der Waals surface area (Å²) < 4.78 is 0. The summed E-state index contributed by atoms with van der Waals surface area (Å²) in [5, 5.41) is 17.3. The van der Waals surface area contributed by atoms with Crippen molar-refractivity contribution in [1.82, 2.24) is 0 Å². The molecule has 0 amide bonds. The highest BCUT2D eigenvalue weighted by molar-refractivity contribution is 5.85.